The number of carbonyl (C=O) groups excluding carboxylic acids is 1. The summed E-state index contributed by atoms with van der Waals surface area (Å²) in [4.78, 5) is 16.0. The van der Waals surface area contributed by atoms with Gasteiger partial charge in [0.05, 0.1) is 12.2 Å². The molecule has 2 unspecified atom stereocenters. The standard InChI is InChI=1S/C14H21N3O/c1-11-6-2-3-8-13(11)17-14(18)16-10-12-7-4-5-9-15-12/h4-5,7,9,11,13H,2-3,6,8,10H2,1H3,(H2,16,17,18). The van der Waals surface area contributed by atoms with Crippen LogP contribution >= 0.6 is 0 Å². The van der Waals surface area contributed by atoms with Crippen molar-refractivity contribution in [2.75, 3.05) is 0 Å². The van der Waals surface area contributed by atoms with Gasteiger partial charge in [0.1, 0.15) is 0 Å². The first-order chi connectivity index (χ1) is 8.75. The third-order valence-electron chi connectivity index (χ3n) is 3.58. The lowest BCUT2D eigenvalue weighted by Crippen LogP contribution is -2.45. The van der Waals surface area contributed by atoms with E-state index in [1.165, 1.54) is 19.3 Å². The number of rotatable bonds is 3. The topological polar surface area (TPSA) is 54.0 Å². The molecule has 0 aliphatic heterocycles. The van der Waals surface area contributed by atoms with Crippen LogP contribution in [0.1, 0.15) is 38.3 Å². The zero-order valence-electron chi connectivity index (χ0n) is 10.9. The van der Waals surface area contributed by atoms with Gasteiger partial charge in [-0.2, -0.15) is 0 Å². The first-order valence-electron chi connectivity index (χ1n) is 6.70. The number of nitrogens with zero attached hydrogens (tertiary/aromatic N) is 1. The molecule has 2 amide bonds. The molecule has 2 rings (SSSR count). The molecule has 4 nitrogen and oxygen atoms in total. The van der Waals surface area contributed by atoms with Crippen LogP contribution in [0.5, 0.6) is 0 Å². The molecule has 0 bridgehead atoms. The molecule has 0 radical (unpaired) electrons. The van der Waals surface area contributed by atoms with Gasteiger partial charge in [-0.3, -0.25) is 4.98 Å². The number of aromatic nitrogens is 1. The Morgan fingerprint density at radius 3 is 2.94 bits per heavy atom. The number of hydrogen-bond donors (Lipinski definition) is 2. The van der Waals surface area contributed by atoms with Crippen molar-refractivity contribution in [3.8, 4) is 0 Å². The van der Waals surface area contributed by atoms with Crippen molar-refractivity contribution in [2.45, 2.75) is 45.2 Å². The fraction of sp³-hybridized carbons (Fsp3) is 0.571. The molecule has 1 heterocycles. The maximum atomic E-state index is 11.8. The third-order valence-corrected chi connectivity index (χ3v) is 3.58. The van der Waals surface area contributed by atoms with E-state index in [-0.39, 0.29) is 6.03 Å². The molecule has 1 aromatic rings. The number of nitrogens with one attached hydrogen (secondary N) is 2. The van der Waals surface area contributed by atoms with Crippen LogP contribution in [0, 0.1) is 5.92 Å². The van der Waals surface area contributed by atoms with Crippen molar-refractivity contribution >= 4 is 6.03 Å². The zero-order valence-corrected chi connectivity index (χ0v) is 10.9. The average molecular weight is 247 g/mol. The molecule has 2 N–H and O–H groups in total. The molecular formula is C14H21N3O. The van der Waals surface area contributed by atoms with Crippen molar-refractivity contribution in [1.29, 1.82) is 0 Å². The van der Waals surface area contributed by atoms with Crippen LogP contribution in [0.25, 0.3) is 0 Å². The van der Waals surface area contributed by atoms with Crippen molar-refractivity contribution < 1.29 is 4.79 Å². The Kier molecular flexibility index (Phi) is 4.56. The van der Waals surface area contributed by atoms with E-state index >= 15 is 0 Å². The van der Waals surface area contributed by atoms with Crippen LogP contribution in [0.2, 0.25) is 0 Å². The van der Waals surface area contributed by atoms with Gasteiger partial charge in [0.25, 0.3) is 0 Å². The van der Waals surface area contributed by atoms with E-state index in [1.807, 2.05) is 18.2 Å². The van der Waals surface area contributed by atoms with Gasteiger partial charge in [0.2, 0.25) is 0 Å². The molecule has 1 aromatic heterocycles. The van der Waals surface area contributed by atoms with Crippen LogP contribution < -0.4 is 10.6 Å². The molecule has 0 aromatic carbocycles. The first kappa shape index (κ1) is 12.9. The second kappa shape index (κ2) is 6.38. The predicted octanol–water partition coefficient (Wildman–Crippen LogP) is 2.46. The third kappa shape index (κ3) is 3.72. The number of carbonyl (C=O) groups is 1. The minimum Gasteiger partial charge on any atom is -0.335 e. The summed E-state index contributed by atoms with van der Waals surface area (Å²) in [5.41, 5.74) is 0.879. The van der Waals surface area contributed by atoms with Crippen LogP contribution in [0.4, 0.5) is 4.79 Å². The van der Waals surface area contributed by atoms with E-state index in [4.69, 9.17) is 0 Å². The highest BCUT2D eigenvalue weighted by molar-refractivity contribution is 5.74. The SMILES string of the molecule is CC1CCCCC1NC(=O)NCc1ccccn1. The van der Waals surface area contributed by atoms with Crippen molar-refractivity contribution in [2.24, 2.45) is 5.92 Å². The van der Waals surface area contributed by atoms with Crippen molar-refractivity contribution in [3.05, 3.63) is 30.1 Å². The van der Waals surface area contributed by atoms with Gasteiger partial charge in [-0.05, 0) is 30.9 Å². The van der Waals surface area contributed by atoms with Crippen LogP contribution in [-0.2, 0) is 6.54 Å². The van der Waals surface area contributed by atoms with E-state index < -0.39 is 0 Å². The molecule has 0 saturated heterocycles. The lowest BCUT2D eigenvalue weighted by atomic mass is 9.86. The van der Waals surface area contributed by atoms with Gasteiger partial charge < -0.3 is 10.6 Å². The Labute approximate surface area is 108 Å². The molecular weight excluding hydrogens is 226 g/mol. The summed E-state index contributed by atoms with van der Waals surface area (Å²) < 4.78 is 0. The van der Waals surface area contributed by atoms with Gasteiger partial charge in [-0.15, -0.1) is 0 Å². The van der Waals surface area contributed by atoms with E-state index in [1.54, 1.807) is 6.20 Å². The fourth-order valence-electron chi connectivity index (χ4n) is 2.42. The molecule has 1 fully saturated rings. The van der Waals surface area contributed by atoms with Gasteiger partial charge >= 0.3 is 6.03 Å². The van der Waals surface area contributed by atoms with Gasteiger partial charge in [-0.1, -0.05) is 25.8 Å². The summed E-state index contributed by atoms with van der Waals surface area (Å²) in [6, 6.07) is 5.93. The Hall–Kier alpha value is -1.58. The Morgan fingerprint density at radius 2 is 2.22 bits per heavy atom. The number of hydrogen-bond acceptors (Lipinski definition) is 2. The lowest BCUT2D eigenvalue weighted by Gasteiger charge is -2.29. The zero-order chi connectivity index (χ0) is 12.8. The molecule has 1 saturated carbocycles. The summed E-state index contributed by atoms with van der Waals surface area (Å²) >= 11 is 0. The molecule has 0 spiro atoms. The van der Waals surface area contributed by atoms with E-state index in [2.05, 4.69) is 22.5 Å². The molecule has 98 valence electrons. The lowest BCUT2D eigenvalue weighted by molar-refractivity contribution is 0.221. The average Bonchev–Trinajstić information content (AvgIpc) is 2.40. The summed E-state index contributed by atoms with van der Waals surface area (Å²) in [6.45, 7) is 2.69. The highest BCUT2D eigenvalue weighted by atomic mass is 16.2. The summed E-state index contributed by atoms with van der Waals surface area (Å²) in [7, 11) is 0. The minimum absolute atomic E-state index is 0.0839. The van der Waals surface area contributed by atoms with Gasteiger partial charge in [0.15, 0.2) is 0 Å². The minimum atomic E-state index is -0.0839. The normalized spacial score (nSPS) is 23.4. The molecule has 2 atom stereocenters. The second-order valence-corrected chi connectivity index (χ2v) is 5.02. The second-order valence-electron chi connectivity index (χ2n) is 5.02. The highest BCUT2D eigenvalue weighted by Gasteiger charge is 2.22. The number of urea groups is 1. The fourth-order valence-corrected chi connectivity index (χ4v) is 2.42. The quantitative estimate of drug-likeness (QED) is 0.862. The van der Waals surface area contributed by atoms with Gasteiger partial charge in [0, 0.05) is 12.2 Å². The molecule has 18 heavy (non-hydrogen) atoms. The largest absolute Gasteiger partial charge is 0.335 e. The maximum absolute atomic E-state index is 11.8. The highest BCUT2D eigenvalue weighted by Crippen LogP contribution is 2.23. The summed E-state index contributed by atoms with van der Waals surface area (Å²) in [5, 5.41) is 5.92. The molecule has 1 aliphatic carbocycles. The summed E-state index contributed by atoms with van der Waals surface area (Å²) in [5.74, 6) is 0.583. The monoisotopic (exact) mass is 247 g/mol. The number of pyridine rings is 1. The van der Waals surface area contributed by atoms with E-state index in [0.29, 0.717) is 18.5 Å². The maximum Gasteiger partial charge on any atom is 0.315 e. The summed E-state index contributed by atoms with van der Waals surface area (Å²) in [6.07, 6.45) is 6.55. The predicted molar refractivity (Wildman–Crippen MR) is 71.0 cm³/mol. The van der Waals surface area contributed by atoms with Crippen LogP contribution in [-0.4, -0.2) is 17.1 Å². The van der Waals surface area contributed by atoms with Crippen molar-refractivity contribution in [3.63, 3.8) is 0 Å². The molecule has 1 aliphatic rings. The number of amides is 2. The van der Waals surface area contributed by atoms with Gasteiger partial charge in [-0.25, -0.2) is 4.79 Å². The van der Waals surface area contributed by atoms with Crippen LogP contribution in [0.3, 0.4) is 0 Å². The van der Waals surface area contributed by atoms with E-state index in [0.717, 1.165) is 12.1 Å². The Bertz CT molecular complexity index is 380. The first-order valence-corrected chi connectivity index (χ1v) is 6.70. The Balaban J connectivity index is 1.75. The van der Waals surface area contributed by atoms with Crippen molar-refractivity contribution in [1.82, 2.24) is 15.6 Å². The van der Waals surface area contributed by atoms with Crippen LogP contribution in [0.15, 0.2) is 24.4 Å². The molecule has 4 heteroatoms. The Morgan fingerprint density at radius 1 is 1.39 bits per heavy atom. The smallest absolute Gasteiger partial charge is 0.315 e. The van der Waals surface area contributed by atoms with E-state index in [9.17, 15) is 4.79 Å².